The van der Waals surface area contributed by atoms with Crippen LogP contribution in [-0.2, 0) is 48.3 Å². The van der Waals surface area contributed by atoms with Crippen LogP contribution in [0.15, 0.2) is 91.0 Å². The molecule has 2 heterocycles. The Morgan fingerprint density at radius 2 is 1.22 bits per heavy atom. The third-order valence-electron chi connectivity index (χ3n) is 6.52. The summed E-state index contributed by atoms with van der Waals surface area (Å²) in [5.74, 6) is -0.269. The standard InChI is InChI=1S/C30H32O6/c31-27-17-16-25-29(36-25)30(34-20-24-14-8-3-9-15-24)28(33-19-23-12-6-2-7-13-23)26(35-27)21-32-18-22-10-4-1-5-11-22/h1-15,25-26,28-30H,16-21H2/t25-,26+,28-,29+,30+/m1/s1. The first-order valence-electron chi connectivity index (χ1n) is 12.5. The van der Waals surface area contributed by atoms with Crippen LogP contribution in [0.4, 0.5) is 0 Å². The summed E-state index contributed by atoms with van der Waals surface area (Å²) >= 11 is 0. The van der Waals surface area contributed by atoms with E-state index in [1.54, 1.807) is 0 Å². The van der Waals surface area contributed by atoms with Crippen molar-refractivity contribution in [3.8, 4) is 0 Å². The lowest BCUT2D eigenvalue weighted by molar-refractivity contribution is -0.183. The van der Waals surface area contributed by atoms with Crippen LogP contribution in [-0.4, -0.2) is 43.1 Å². The van der Waals surface area contributed by atoms with Crippen LogP contribution in [0.5, 0.6) is 0 Å². The molecule has 0 unspecified atom stereocenters. The summed E-state index contributed by atoms with van der Waals surface area (Å²) in [6.45, 7) is 1.39. The Balaban J connectivity index is 1.36. The predicted molar refractivity (Wildman–Crippen MR) is 134 cm³/mol. The van der Waals surface area contributed by atoms with E-state index in [4.69, 9.17) is 23.7 Å². The maximum Gasteiger partial charge on any atom is 0.306 e. The lowest BCUT2D eigenvalue weighted by Gasteiger charge is -2.32. The molecule has 0 N–H and O–H groups in total. The van der Waals surface area contributed by atoms with Gasteiger partial charge in [-0.25, -0.2) is 0 Å². The van der Waals surface area contributed by atoms with Crippen molar-refractivity contribution in [2.75, 3.05) is 6.61 Å². The Morgan fingerprint density at radius 1 is 0.694 bits per heavy atom. The van der Waals surface area contributed by atoms with Gasteiger partial charge in [0.05, 0.1) is 32.5 Å². The van der Waals surface area contributed by atoms with E-state index >= 15 is 0 Å². The Bertz CT molecular complexity index is 1070. The van der Waals surface area contributed by atoms with Crippen LogP contribution in [0.1, 0.15) is 29.5 Å². The summed E-state index contributed by atoms with van der Waals surface area (Å²) in [4.78, 5) is 12.7. The first-order chi connectivity index (χ1) is 17.8. The fourth-order valence-corrected chi connectivity index (χ4v) is 4.55. The van der Waals surface area contributed by atoms with E-state index in [9.17, 15) is 4.79 Å². The molecule has 36 heavy (non-hydrogen) atoms. The van der Waals surface area contributed by atoms with Crippen LogP contribution in [0, 0.1) is 0 Å². The highest BCUT2D eigenvalue weighted by Gasteiger charge is 2.52. The quantitative estimate of drug-likeness (QED) is 0.300. The minimum Gasteiger partial charge on any atom is -0.457 e. The maximum absolute atomic E-state index is 12.7. The van der Waals surface area contributed by atoms with Crippen molar-refractivity contribution in [2.45, 2.75) is 63.2 Å². The first-order valence-corrected chi connectivity index (χ1v) is 12.5. The van der Waals surface area contributed by atoms with E-state index in [2.05, 4.69) is 0 Å². The van der Waals surface area contributed by atoms with E-state index < -0.39 is 18.3 Å². The number of esters is 1. The van der Waals surface area contributed by atoms with Crippen LogP contribution in [0.3, 0.4) is 0 Å². The van der Waals surface area contributed by atoms with Gasteiger partial charge in [-0.1, -0.05) is 91.0 Å². The van der Waals surface area contributed by atoms with Gasteiger partial charge in [-0.3, -0.25) is 4.79 Å². The molecular formula is C30H32O6. The van der Waals surface area contributed by atoms with E-state index in [1.807, 2.05) is 91.0 Å². The van der Waals surface area contributed by atoms with Crippen molar-refractivity contribution in [3.63, 3.8) is 0 Å². The fraction of sp³-hybridized carbons (Fsp3) is 0.367. The Morgan fingerprint density at radius 3 is 1.81 bits per heavy atom. The third-order valence-corrected chi connectivity index (χ3v) is 6.52. The molecule has 0 spiro atoms. The zero-order chi connectivity index (χ0) is 24.6. The zero-order valence-electron chi connectivity index (χ0n) is 20.2. The molecule has 0 aliphatic carbocycles. The van der Waals surface area contributed by atoms with Gasteiger partial charge in [-0.2, -0.15) is 0 Å². The van der Waals surface area contributed by atoms with Crippen LogP contribution in [0.25, 0.3) is 0 Å². The summed E-state index contributed by atoms with van der Waals surface area (Å²) in [5.41, 5.74) is 3.14. The largest absolute Gasteiger partial charge is 0.457 e. The highest BCUT2D eigenvalue weighted by atomic mass is 16.6. The van der Waals surface area contributed by atoms with Crippen molar-refractivity contribution in [1.82, 2.24) is 0 Å². The molecule has 2 saturated heterocycles. The van der Waals surface area contributed by atoms with Crippen molar-refractivity contribution < 1.29 is 28.5 Å². The molecule has 0 bridgehead atoms. The second-order valence-corrected chi connectivity index (χ2v) is 9.23. The topological polar surface area (TPSA) is 66.5 Å². The number of epoxide rings is 1. The number of carbonyl (C=O) groups excluding carboxylic acids is 1. The summed E-state index contributed by atoms with van der Waals surface area (Å²) in [6, 6.07) is 29.9. The predicted octanol–water partition coefficient (Wildman–Crippen LogP) is 4.85. The van der Waals surface area contributed by atoms with Crippen molar-refractivity contribution in [1.29, 1.82) is 0 Å². The van der Waals surface area contributed by atoms with Gasteiger partial charge in [0.25, 0.3) is 0 Å². The summed E-state index contributed by atoms with van der Waals surface area (Å²) in [7, 11) is 0. The molecule has 2 aliphatic rings. The first kappa shape index (κ1) is 24.7. The number of fused-ring (bicyclic) bond motifs is 1. The number of ether oxygens (including phenoxy) is 5. The van der Waals surface area contributed by atoms with Gasteiger partial charge in [-0.05, 0) is 23.1 Å². The summed E-state index contributed by atoms with van der Waals surface area (Å²) in [5, 5.41) is 0. The average molecular weight is 489 g/mol. The van der Waals surface area contributed by atoms with Crippen LogP contribution in [0.2, 0.25) is 0 Å². The van der Waals surface area contributed by atoms with Crippen molar-refractivity contribution in [3.05, 3.63) is 108 Å². The molecule has 0 saturated carbocycles. The number of hydrogen-bond acceptors (Lipinski definition) is 6. The lowest BCUT2D eigenvalue weighted by atomic mass is 10.0. The maximum atomic E-state index is 12.7. The monoisotopic (exact) mass is 488 g/mol. The molecule has 6 heteroatoms. The van der Waals surface area contributed by atoms with Crippen molar-refractivity contribution >= 4 is 5.97 Å². The highest BCUT2D eigenvalue weighted by Crippen LogP contribution is 2.37. The molecular weight excluding hydrogens is 456 g/mol. The zero-order valence-corrected chi connectivity index (χ0v) is 20.2. The number of rotatable bonds is 10. The average Bonchev–Trinajstić information content (AvgIpc) is 3.69. The van der Waals surface area contributed by atoms with E-state index in [0.29, 0.717) is 32.7 Å². The molecule has 2 fully saturated rings. The van der Waals surface area contributed by atoms with E-state index in [1.165, 1.54) is 0 Å². The van der Waals surface area contributed by atoms with Gasteiger partial charge < -0.3 is 23.7 Å². The molecule has 0 amide bonds. The Kier molecular flexibility index (Phi) is 8.41. The number of cyclic esters (lactones) is 1. The Hall–Kier alpha value is -3.03. The van der Waals surface area contributed by atoms with Crippen molar-refractivity contribution in [2.24, 2.45) is 0 Å². The van der Waals surface area contributed by atoms with Gasteiger partial charge in [0.2, 0.25) is 0 Å². The van der Waals surface area contributed by atoms with Gasteiger partial charge in [0, 0.05) is 6.42 Å². The second-order valence-electron chi connectivity index (χ2n) is 9.23. The molecule has 0 radical (unpaired) electrons. The highest BCUT2D eigenvalue weighted by molar-refractivity contribution is 5.69. The SMILES string of the molecule is O=C1CC[C@H]2O[C@@H]2[C@@H](OCc2ccccc2)[C@H](OCc2ccccc2)[C@H](COCc2ccccc2)O1. The van der Waals surface area contributed by atoms with Gasteiger partial charge >= 0.3 is 5.97 Å². The second kappa shape index (κ2) is 12.3. The number of benzene rings is 3. The molecule has 3 aromatic carbocycles. The van der Waals surface area contributed by atoms with Gasteiger partial charge in [0.15, 0.2) is 6.10 Å². The van der Waals surface area contributed by atoms with E-state index in [-0.39, 0.29) is 24.8 Å². The molecule has 2 aliphatic heterocycles. The summed E-state index contributed by atoms with van der Waals surface area (Å²) in [6.07, 6.45) is -0.874. The normalized spacial score (nSPS) is 25.7. The fourth-order valence-electron chi connectivity index (χ4n) is 4.55. The summed E-state index contributed by atoms with van der Waals surface area (Å²) < 4.78 is 30.9. The van der Waals surface area contributed by atoms with Gasteiger partial charge in [-0.15, -0.1) is 0 Å². The minimum atomic E-state index is -0.631. The molecule has 0 aromatic heterocycles. The van der Waals surface area contributed by atoms with Crippen LogP contribution >= 0.6 is 0 Å². The third kappa shape index (κ3) is 6.80. The molecule has 5 rings (SSSR count). The number of carbonyl (C=O) groups is 1. The molecule has 5 atom stereocenters. The van der Waals surface area contributed by atoms with E-state index in [0.717, 1.165) is 16.7 Å². The Labute approximate surface area is 212 Å². The molecule has 188 valence electrons. The number of hydrogen-bond donors (Lipinski definition) is 0. The smallest absolute Gasteiger partial charge is 0.306 e. The van der Waals surface area contributed by atoms with Gasteiger partial charge in [0.1, 0.15) is 18.3 Å². The molecule has 3 aromatic rings. The molecule has 6 nitrogen and oxygen atoms in total. The minimum absolute atomic E-state index is 0.0369. The van der Waals surface area contributed by atoms with Crippen LogP contribution < -0.4 is 0 Å². The lowest BCUT2D eigenvalue weighted by Crippen LogP contribution is -2.48.